The van der Waals surface area contributed by atoms with Crippen molar-refractivity contribution in [2.24, 2.45) is 5.73 Å². The van der Waals surface area contributed by atoms with E-state index in [0.717, 1.165) is 12.1 Å². The third kappa shape index (κ3) is 2.16. The first kappa shape index (κ1) is 11.3. The number of methoxy groups -OCH3 is 1. The van der Waals surface area contributed by atoms with Gasteiger partial charge in [-0.1, -0.05) is 0 Å². The molecule has 1 unspecified atom stereocenters. The van der Waals surface area contributed by atoms with Crippen LogP contribution in [0, 0.1) is 5.82 Å². The molecule has 0 fully saturated rings. The number of aliphatic carboxylic acids is 1. The Hall–Kier alpha value is -1.82. The number of hydrogen-bond donors (Lipinski definition) is 3. The lowest BCUT2D eigenvalue weighted by Gasteiger charge is -2.11. The molecule has 82 valence electrons. The number of benzene rings is 1. The molecule has 15 heavy (non-hydrogen) atoms. The molecule has 4 N–H and O–H groups in total. The van der Waals surface area contributed by atoms with Gasteiger partial charge in [0.1, 0.15) is 11.9 Å². The molecule has 1 aromatic rings. The van der Waals surface area contributed by atoms with E-state index >= 15 is 0 Å². The van der Waals surface area contributed by atoms with Crippen LogP contribution in [0.15, 0.2) is 12.1 Å². The summed E-state index contributed by atoms with van der Waals surface area (Å²) in [5.74, 6) is -2.68. The van der Waals surface area contributed by atoms with Crippen LogP contribution in [0.4, 0.5) is 4.39 Å². The Morgan fingerprint density at radius 2 is 2.20 bits per heavy atom. The zero-order valence-electron chi connectivity index (χ0n) is 7.90. The zero-order valence-corrected chi connectivity index (χ0v) is 7.90. The number of carboxylic acids is 1. The standard InChI is InChI=1S/C9H10FNO4/c1-15-7-2-4(8(11)9(13)14)5(10)3-6(7)12/h2-3,8,12H,11H2,1H3,(H,13,14). The van der Waals surface area contributed by atoms with Crippen LogP contribution < -0.4 is 10.5 Å². The summed E-state index contributed by atoms with van der Waals surface area (Å²) in [6, 6.07) is 0.333. The van der Waals surface area contributed by atoms with Gasteiger partial charge in [-0.25, -0.2) is 4.39 Å². The molecule has 1 rings (SSSR count). The Balaban J connectivity index is 3.24. The number of nitrogens with two attached hydrogens (primary N) is 1. The largest absolute Gasteiger partial charge is 0.504 e. The van der Waals surface area contributed by atoms with Crippen LogP contribution in [0.25, 0.3) is 0 Å². The molecule has 0 heterocycles. The molecule has 1 aromatic carbocycles. The van der Waals surface area contributed by atoms with E-state index in [1.165, 1.54) is 7.11 Å². The molecule has 1 atom stereocenters. The van der Waals surface area contributed by atoms with Crippen molar-refractivity contribution in [3.63, 3.8) is 0 Å². The molecule has 0 amide bonds. The molecule has 0 saturated heterocycles. The maximum Gasteiger partial charge on any atom is 0.325 e. The van der Waals surface area contributed by atoms with Crippen molar-refractivity contribution in [2.75, 3.05) is 7.11 Å². The van der Waals surface area contributed by atoms with E-state index in [1.807, 2.05) is 0 Å². The van der Waals surface area contributed by atoms with Gasteiger partial charge in [-0.15, -0.1) is 0 Å². The van der Waals surface area contributed by atoms with Gasteiger partial charge in [0.2, 0.25) is 0 Å². The summed E-state index contributed by atoms with van der Waals surface area (Å²) in [4.78, 5) is 10.5. The van der Waals surface area contributed by atoms with Crippen molar-refractivity contribution in [1.82, 2.24) is 0 Å². The molecule has 0 bridgehead atoms. The monoisotopic (exact) mass is 215 g/mol. The number of aromatic hydroxyl groups is 1. The second-order valence-corrected chi connectivity index (χ2v) is 2.86. The van der Waals surface area contributed by atoms with Crippen LogP contribution in [0.3, 0.4) is 0 Å². The van der Waals surface area contributed by atoms with E-state index in [2.05, 4.69) is 0 Å². The lowest BCUT2D eigenvalue weighted by atomic mass is 10.1. The highest BCUT2D eigenvalue weighted by Crippen LogP contribution is 2.30. The van der Waals surface area contributed by atoms with Crippen molar-refractivity contribution < 1.29 is 24.1 Å². The number of halogens is 1. The summed E-state index contributed by atoms with van der Waals surface area (Å²) in [5, 5.41) is 17.8. The minimum atomic E-state index is -1.49. The summed E-state index contributed by atoms with van der Waals surface area (Å²) in [7, 11) is 1.27. The van der Waals surface area contributed by atoms with Gasteiger partial charge in [-0.05, 0) is 6.07 Å². The number of phenolic OH excluding ortho intramolecular Hbond substituents is 1. The van der Waals surface area contributed by atoms with Crippen LogP contribution in [0.1, 0.15) is 11.6 Å². The van der Waals surface area contributed by atoms with Crippen LogP contribution >= 0.6 is 0 Å². The van der Waals surface area contributed by atoms with E-state index in [4.69, 9.17) is 15.6 Å². The lowest BCUT2D eigenvalue weighted by molar-refractivity contribution is -0.138. The predicted octanol–water partition coefficient (Wildman–Crippen LogP) is 0.624. The van der Waals surface area contributed by atoms with Gasteiger partial charge in [0.25, 0.3) is 0 Å². The number of carboxylic acid groups (broad SMARTS) is 1. The molecular weight excluding hydrogens is 205 g/mol. The Labute approximate surface area is 84.9 Å². The minimum Gasteiger partial charge on any atom is -0.504 e. The molecule has 0 radical (unpaired) electrons. The van der Waals surface area contributed by atoms with Gasteiger partial charge in [-0.2, -0.15) is 0 Å². The number of ether oxygens (including phenoxy) is 1. The van der Waals surface area contributed by atoms with Crippen molar-refractivity contribution in [3.05, 3.63) is 23.5 Å². The second-order valence-electron chi connectivity index (χ2n) is 2.86. The SMILES string of the molecule is COc1cc(C(N)C(=O)O)c(F)cc1O. The van der Waals surface area contributed by atoms with Crippen LogP contribution in [0.2, 0.25) is 0 Å². The highest BCUT2D eigenvalue weighted by molar-refractivity contribution is 5.75. The fraction of sp³-hybridized carbons (Fsp3) is 0.222. The Morgan fingerprint density at radius 3 is 2.67 bits per heavy atom. The topological polar surface area (TPSA) is 92.8 Å². The van der Waals surface area contributed by atoms with E-state index in [-0.39, 0.29) is 11.3 Å². The van der Waals surface area contributed by atoms with Crippen molar-refractivity contribution in [3.8, 4) is 11.5 Å². The normalized spacial score (nSPS) is 12.2. The fourth-order valence-corrected chi connectivity index (χ4v) is 1.09. The van der Waals surface area contributed by atoms with Crippen molar-refractivity contribution in [1.29, 1.82) is 0 Å². The maximum atomic E-state index is 13.2. The Bertz CT molecular complexity index is 394. The first-order valence-electron chi connectivity index (χ1n) is 4.02. The molecule has 0 saturated carbocycles. The molecular formula is C9H10FNO4. The van der Waals surface area contributed by atoms with Crippen molar-refractivity contribution in [2.45, 2.75) is 6.04 Å². The molecule has 6 heteroatoms. The predicted molar refractivity (Wildman–Crippen MR) is 49.2 cm³/mol. The first-order valence-corrected chi connectivity index (χ1v) is 4.02. The Morgan fingerprint density at radius 1 is 1.60 bits per heavy atom. The molecule has 0 aliphatic carbocycles. The third-order valence-electron chi connectivity index (χ3n) is 1.90. The number of hydrogen-bond acceptors (Lipinski definition) is 4. The van der Waals surface area contributed by atoms with Gasteiger partial charge in [0.15, 0.2) is 11.5 Å². The number of carbonyl (C=O) groups is 1. The van der Waals surface area contributed by atoms with Gasteiger partial charge in [0, 0.05) is 11.6 Å². The van der Waals surface area contributed by atoms with E-state index in [1.54, 1.807) is 0 Å². The summed E-state index contributed by atoms with van der Waals surface area (Å²) < 4.78 is 17.9. The lowest BCUT2D eigenvalue weighted by Crippen LogP contribution is -2.21. The molecule has 0 aliphatic heterocycles. The van der Waals surface area contributed by atoms with Gasteiger partial charge in [-0.3, -0.25) is 4.79 Å². The van der Waals surface area contributed by atoms with Crippen LogP contribution in [-0.4, -0.2) is 23.3 Å². The molecule has 5 nitrogen and oxygen atoms in total. The first-order chi connectivity index (χ1) is 6.97. The average molecular weight is 215 g/mol. The quantitative estimate of drug-likeness (QED) is 0.687. The fourth-order valence-electron chi connectivity index (χ4n) is 1.09. The summed E-state index contributed by atoms with van der Waals surface area (Å²) in [5.41, 5.74) is 5.00. The van der Waals surface area contributed by atoms with Gasteiger partial charge < -0.3 is 20.7 Å². The summed E-state index contributed by atoms with van der Waals surface area (Å²) >= 11 is 0. The molecule has 0 spiro atoms. The van der Waals surface area contributed by atoms with Gasteiger partial charge >= 0.3 is 5.97 Å². The van der Waals surface area contributed by atoms with E-state index < -0.39 is 23.6 Å². The zero-order chi connectivity index (χ0) is 11.6. The van der Waals surface area contributed by atoms with Gasteiger partial charge in [0.05, 0.1) is 7.11 Å². The van der Waals surface area contributed by atoms with E-state index in [9.17, 15) is 14.3 Å². The summed E-state index contributed by atoms with van der Waals surface area (Å²) in [6.45, 7) is 0. The highest BCUT2D eigenvalue weighted by Gasteiger charge is 2.20. The average Bonchev–Trinajstić information content (AvgIpc) is 2.17. The van der Waals surface area contributed by atoms with Crippen LogP contribution in [0.5, 0.6) is 11.5 Å². The molecule has 0 aliphatic rings. The maximum absolute atomic E-state index is 13.2. The smallest absolute Gasteiger partial charge is 0.325 e. The third-order valence-corrected chi connectivity index (χ3v) is 1.90. The number of rotatable bonds is 3. The van der Waals surface area contributed by atoms with Crippen molar-refractivity contribution >= 4 is 5.97 Å². The van der Waals surface area contributed by atoms with E-state index in [0.29, 0.717) is 0 Å². The minimum absolute atomic E-state index is 0.0249. The number of phenols is 1. The Kier molecular flexibility index (Phi) is 3.11. The van der Waals surface area contributed by atoms with Crippen LogP contribution in [-0.2, 0) is 4.79 Å². The summed E-state index contributed by atoms with van der Waals surface area (Å²) in [6.07, 6.45) is 0. The molecule has 0 aromatic heterocycles. The highest BCUT2D eigenvalue weighted by atomic mass is 19.1. The second kappa shape index (κ2) is 4.14.